The van der Waals surface area contributed by atoms with Gasteiger partial charge in [0.1, 0.15) is 13.2 Å². The number of aliphatic carboxylic acids is 1. The van der Waals surface area contributed by atoms with Crippen molar-refractivity contribution in [3.8, 4) is 0 Å². The molecule has 2 unspecified atom stereocenters. The van der Waals surface area contributed by atoms with Crippen molar-refractivity contribution in [1.82, 2.24) is 0 Å². The lowest BCUT2D eigenvalue weighted by atomic mass is 10.0. The summed E-state index contributed by atoms with van der Waals surface area (Å²) in [5.74, 6) is -2.25. The van der Waals surface area contributed by atoms with Crippen molar-refractivity contribution in [1.29, 1.82) is 0 Å². The second kappa shape index (κ2) is 66.2. The van der Waals surface area contributed by atoms with Crippen LogP contribution in [0.15, 0.2) is 48.6 Å². The summed E-state index contributed by atoms with van der Waals surface area (Å²) < 4.78 is 22.8. The third-order valence-corrected chi connectivity index (χ3v) is 16.3. The van der Waals surface area contributed by atoms with Crippen molar-refractivity contribution in [2.24, 2.45) is 0 Å². The molecule has 0 spiro atoms. The first-order valence-electron chi connectivity index (χ1n) is 36.3. The zero-order chi connectivity index (χ0) is 61.2. The maximum absolute atomic E-state index is 12.9. The van der Waals surface area contributed by atoms with Crippen molar-refractivity contribution in [3.05, 3.63) is 48.6 Å². The molecule has 0 aromatic heterocycles. The van der Waals surface area contributed by atoms with Crippen molar-refractivity contribution in [2.45, 2.75) is 367 Å². The molecule has 0 saturated carbocycles. The molecule has 0 fully saturated rings. The summed E-state index contributed by atoms with van der Waals surface area (Å²) in [7, 11) is 5.94. The topological polar surface area (TPSA) is 111 Å². The number of unbranched alkanes of at least 4 members (excludes halogenated alkanes) is 45. The van der Waals surface area contributed by atoms with E-state index >= 15 is 0 Å². The van der Waals surface area contributed by atoms with Gasteiger partial charge in [-0.3, -0.25) is 9.59 Å². The molecule has 0 N–H and O–H groups in total. The quantitative estimate of drug-likeness (QED) is 0.0195. The number of carboxylic acid groups (broad SMARTS) is 1. The molecule has 0 saturated heterocycles. The van der Waals surface area contributed by atoms with Crippen molar-refractivity contribution < 1.29 is 42.9 Å². The van der Waals surface area contributed by atoms with E-state index in [4.69, 9.17) is 18.9 Å². The van der Waals surface area contributed by atoms with Crippen LogP contribution in [0.5, 0.6) is 0 Å². The molecule has 0 amide bonds. The van der Waals surface area contributed by atoms with Gasteiger partial charge in [0.2, 0.25) is 0 Å². The van der Waals surface area contributed by atoms with E-state index in [0.29, 0.717) is 17.4 Å². The number of hydrogen-bond acceptors (Lipinski definition) is 8. The molecular weight excluding hydrogens is 1040 g/mol. The molecule has 0 aliphatic carbocycles. The molecule has 0 rings (SSSR count). The highest BCUT2D eigenvalue weighted by Crippen LogP contribution is 2.19. The van der Waals surface area contributed by atoms with Crippen LogP contribution in [0.2, 0.25) is 0 Å². The molecule has 84 heavy (non-hydrogen) atoms. The number of allylic oxidation sites excluding steroid dienone is 8. The largest absolute Gasteiger partial charge is 0.545 e. The zero-order valence-electron chi connectivity index (χ0n) is 56.3. The van der Waals surface area contributed by atoms with E-state index in [-0.39, 0.29) is 32.2 Å². The Balaban J connectivity index is 3.92. The highest BCUT2D eigenvalue weighted by Gasteiger charge is 2.22. The summed E-state index contributed by atoms with van der Waals surface area (Å²) in [6, 6.07) is 0. The van der Waals surface area contributed by atoms with E-state index in [1.807, 2.05) is 21.1 Å². The maximum Gasteiger partial charge on any atom is 0.306 e. The predicted octanol–water partition coefficient (Wildman–Crippen LogP) is 21.2. The third kappa shape index (κ3) is 66.8. The molecule has 9 nitrogen and oxygen atoms in total. The number of likely N-dealkylation sites (N-methyl/N-ethyl adjacent to an activating group) is 1. The fourth-order valence-electron chi connectivity index (χ4n) is 10.8. The lowest BCUT2D eigenvalue weighted by Crippen LogP contribution is -2.44. The van der Waals surface area contributed by atoms with Gasteiger partial charge in [0, 0.05) is 12.8 Å². The minimum absolute atomic E-state index is 0.151. The lowest BCUT2D eigenvalue weighted by molar-refractivity contribution is -0.870. The smallest absolute Gasteiger partial charge is 0.306 e. The van der Waals surface area contributed by atoms with Crippen LogP contribution in [0.3, 0.4) is 0 Å². The number of carbonyl (C=O) groups excluding carboxylic acids is 3. The number of quaternary nitrogens is 1. The molecule has 0 bridgehead atoms. The van der Waals surface area contributed by atoms with Crippen LogP contribution in [0, 0.1) is 0 Å². The van der Waals surface area contributed by atoms with Crippen LogP contribution >= 0.6 is 0 Å². The Bertz CT molecular complexity index is 1520. The van der Waals surface area contributed by atoms with Crippen LogP contribution in [0.25, 0.3) is 0 Å². The highest BCUT2D eigenvalue weighted by atomic mass is 16.7. The van der Waals surface area contributed by atoms with Gasteiger partial charge >= 0.3 is 11.9 Å². The number of nitrogens with zero attached hydrogens (tertiary/aromatic N) is 1. The Morgan fingerprint density at radius 2 is 0.679 bits per heavy atom. The molecule has 0 radical (unpaired) electrons. The van der Waals surface area contributed by atoms with E-state index < -0.39 is 24.3 Å². The summed E-state index contributed by atoms with van der Waals surface area (Å²) in [6.45, 7) is 4.70. The van der Waals surface area contributed by atoms with Gasteiger partial charge < -0.3 is 33.3 Å². The van der Waals surface area contributed by atoms with Crippen LogP contribution < -0.4 is 5.11 Å². The SMILES string of the molecule is CC/C=C\C/C=C\C/C=C\C/C=C\CCCCCCCCCCCCCCCCCCCCCCCCCCCCCCC(=O)OC(COC(=O)CCCCCCCCCCCCCCCCCCCC)COC(OCC[N+](C)(C)C)C(=O)[O-]. The van der Waals surface area contributed by atoms with Gasteiger partial charge in [-0.2, -0.15) is 0 Å². The van der Waals surface area contributed by atoms with Crippen LogP contribution in [-0.4, -0.2) is 82.3 Å². The first kappa shape index (κ1) is 81.2. The molecule has 0 aliphatic rings. The first-order chi connectivity index (χ1) is 41.1. The number of carbonyl (C=O) groups is 3. The highest BCUT2D eigenvalue weighted by molar-refractivity contribution is 5.70. The van der Waals surface area contributed by atoms with Gasteiger partial charge in [0.05, 0.1) is 40.3 Å². The minimum atomic E-state index is -1.62. The van der Waals surface area contributed by atoms with Gasteiger partial charge in [0.15, 0.2) is 12.4 Å². The Kier molecular flexibility index (Phi) is 64.0. The van der Waals surface area contributed by atoms with Gasteiger partial charge in [-0.25, -0.2) is 0 Å². The second-order valence-electron chi connectivity index (χ2n) is 25.9. The number of hydrogen-bond donors (Lipinski definition) is 0. The molecule has 0 heterocycles. The number of esters is 2. The molecule has 0 aliphatic heterocycles. The molecular formula is C75H139NO8. The Labute approximate surface area is 521 Å². The first-order valence-corrected chi connectivity index (χ1v) is 36.3. The normalized spacial score (nSPS) is 12.9. The monoisotopic (exact) mass is 1180 g/mol. The van der Waals surface area contributed by atoms with Gasteiger partial charge in [-0.1, -0.05) is 339 Å². The molecule has 492 valence electrons. The minimum Gasteiger partial charge on any atom is -0.545 e. The van der Waals surface area contributed by atoms with E-state index in [1.165, 1.54) is 263 Å². The Morgan fingerprint density at radius 3 is 1.01 bits per heavy atom. The van der Waals surface area contributed by atoms with Crippen LogP contribution in [-0.2, 0) is 33.3 Å². The van der Waals surface area contributed by atoms with Crippen LogP contribution in [0.1, 0.15) is 354 Å². The number of rotatable bonds is 68. The van der Waals surface area contributed by atoms with E-state index in [0.717, 1.165) is 64.2 Å². The Hall–Kier alpha value is -2.75. The van der Waals surface area contributed by atoms with E-state index in [1.54, 1.807) is 0 Å². The Morgan fingerprint density at radius 1 is 0.369 bits per heavy atom. The predicted molar refractivity (Wildman–Crippen MR) is 357 cm³/mol. The summed E-state index contributed by atoms with van der Waals surface area (Å²) in [4.78, 5) is 37.4. The average molecular weight is 1180 g/mol. The van der Waals surface area contributed by atoms with E-state index in [2.05, 4.69) is 62.5 Å². The van der Waals surface area contributed by atoms with Crippen molar-refractivity contribution >= 4 is 17.9 Å². The van der Waals surface area contributed by atoms with Crippen molar-refractivity contribution in [2.75, 3.05) is 47.5 Å². The summed E-state index contributed by atoms with van der Waals surface area (Å²) in [5, 5.41) is 11.8. The average Bonchev–Trinajstić information content (AvgIpc) is 3.52. The van der Waals surface area contributed by atoms with Crippen molar-refractivity contribution in [3.63, 3.8) is 0 Å². The van der Waals surface area contributed by atoms with Gasteiger partial charge in [0.25, 0.3) is 0 Å². The molecule has 0 aromatic rings. The molecule has 2 atom stereocenters. The van der Waals surface area contributed by atoms with E-state index in [9.17, 15) is 19.5 Å². The fraction of sp³-hybridized carbons (Fsp3) is 0.853. The maximum atomic E-state index is 12.9. The number of ether oxygens (including phenoxy) is 4. The third-order valence-electron chi connectivity index (χ3n) is 16.3. The summed E-state index contributed by atoms with van der Waals surface area (Å²) in [5.41, 5.74) is 0. The lowest BCUT2D eigenvalue weighted by Gasteiger charge is -2.26. The van der Waals surface area contributed by atoms with Gasteiger partial charge in [-0.05, 0) is 51.4 Å². The molecule has 0 aromatic carbocycles. The standard InChI is InChI=1S/C75H139NO8/c1-6-8-10-12-14-16-18-20-22-24-26-27-28-29-30-31-32-33-34-35-36-37-38-39-40-41-42-43-44-45-46-47-48-50-52-54-56-58-60-62-64-66-73(78)84-71(70-83-75(74(79)80)81-68-67-76(3,4)5)69-82-72(77)65-63-61-59-57-55-53-51-49-25-23-21-19-17-15-13-11-9-7-2/h8,10,14,16,20,22,26-27,71,75H,6-7,9,11-13,15,17-19,21,23-25,28-70H2,1-5H3/b10-8-,16-14-,22-20-,27-26-. The second-order valence-corrected chi connectivity index (χ2v) is 25.9. The van der Waals surface area contributed by atoms with Gasteiger partial charge in [-0.15, -0.1) is 0 Å². The molecule has 9 heteroatoms. The fourth-order valence-corrected chi connectivity index (χ4v) is 10.8. The zero-order valence-corrected chi connectivity index (χ0v) is 56.3. The number of carboxylic acids is 1. The summed E-state index contributed by atoms with van der Waals surface area (Å²) in [6.07, 6.45) is 82.2. The summed E-state index contributed by atoms with van der Waals surface area (Å²) >= 11 is 0. The van der Waals surface area contributed by atoms with Crippen LogP contribution in [0.4, 0.5) is 0 Å².